The van der Waals surface area contributed by atoms with E-state index in [0.29, 0.717) is 34.6 Å². The number of hydrogen-bond acceptors (Lipinski definition) is 4. The highest BCUT2D eigenvalue weighted by Crippen LogP contribution is 2.36. The summed E-state index contributed by atoms with van der Waals surface area (Å²) in [5, 5.41) is 0. The highest BCUT2D eigenvalue weighted by atomic mass is 79.9. The first kappa shape index (κ1) is 21.0. The summed E-state index contributed by atoms with van der Waals surface area (Å²) in [5.74, 6) is 1.39. The van der Waals surface area contributed by atoms with Crippen LogP contribution in [0.4, 0.5) is 0 Å². The number of rotatable bonds is 4. The van der Waals surface area contributed by atoms with Gasteiger partial charge in [0.05, 0.1) is 14.2 Å². The van der Waals surface area contributed by atoms with Crippen LogP contribution in [0.15, 0.2) is 16.6 Å². The number of likely N-dealkylation sites (tertiary alicyclic amines) is 2. The predicted molar refractivity (Wildman–Crippen MR) is 111 cm³/mol. The average Bonchev–Trinajstić information content (AvgIpc) is 3.02. The highest BCUT2D eigenvalue weighted by molar-refractivity contribution is 9.10. The van der Waals surface area contributed by atoms with Crippen molar-refractivity contribution in [3.8, 4) is 11.5 Å². The van der Waals surface area contributed by atoms with Crippen LogP contribution in [-0.4, -0.2) is 62.0 Å². The Kier molecular flexibility index (Phi) is 7.21. The van der Waals surface area contributed by atoms with Crippen LogP contribution in [0.2, 0.25) is 0 Å². The highest BCUT2D eigenvalue weighted by Gasteiger charge is 2.31. The first-order valence-corrected chi connectivity index (χ1v) is 10.8. The van der Waals surface area contributed by atoms with E-state index in [2.05, 4.69) is 15.9 Å². The van der Waals surface area contributed by atoms with E-state index in [1.165, 1.54) is 12.8 Å². The fourth-order valence-corrected chi connectivity index (χ4v) is 4.61. The fraction of sp³-hybridized carbons (Fsp3) is 0.619. The molecule has 6 nitrogen and oxygen atoms in total. The molecule has 0 aliphatic carbocycles. The third-order valence-corrected chi connectivity index (χ3v) is 6.52. The molecule has 28 heavy (non-hydrogen) atoms. The van der Waals surface area contributed by atoms with Crippen LogP contribution in [-0.2, 0) is 4.79 Å². The maximum Gasteiger partial charge on any atom is 0.254 e. The van der Waals surface area contributed by atoms with Gasteiger partial charge in [0.1, 0.15) is 16.0 Å². The molecule has 0 saturated carbocycles. The van der Waals surface area contributed by atoms with Crippen LogP contribution in [0.3, 0.4) is 0 Å². The molecule has 2 saturated heterocycles. The second-order valence-electron chi connectivity index (χ2n) is 7.50. The summed E-state index contributed by atoms with van der Waals surface area (Å²) in [6.45, 7) is 2.97. The van der Waals surface area contributed by atoms with Gasteiger partial charge in [-0.1, -0.05) is 12.8 Å². The maximum absolute atomic E-state index is 13.0. The van der Waals surface area contributed by atoms with Crippen molar-refractivity contribution in [2.45, 2.75) is 38.5 Å². The first-order chi connectivity index (χ1) is 13.5. The summed E-state index contributed by atoms with van der Waals surface area (Å²) >= 11 is 3.43. The molecule has 3 rings (SSSR count). The van der Waals surface area contributed by atoms with Crippen LogP contribution in [0.1, 0.15) is 48.9 Å². The topological polar surface area (TPSA) is 59.1 Å². The third kappa shape index (κ3) is 4.62. The smallest absolute Gasteiger partial charge is 0.254 e. The summed E-state index contributed by atoms with van der Waals surface area (Å²) < 4.78 is 11.4. The van der Waals surface area contributed by atoms with E-state index < -0.39 is 0 Å². The Balaban J connectivity index is 1.63. The van der Waals surface area contributed by atoms with Gasteiger partial charge in [0, 0.05) is 37.7 Å². The van der Waals surface area contributed by atoms with Crippen LogP contribution >= 0.6 is 15.9 Å². The van der Waals surface area contributed by atoms with Crippen LogP contribution in [0, 0.1) is 5.92 Å². The van der Waals surface area contributed by atoms with E-state index in [-0.39, 0.29) is 17.7 Å². The largest absolute Gasteiger partial charge is 0.495 e. The van der Waals surface area contributed by atoms with Gasteiger partial charge in [-0.25, -0.2) is 0 Å². The zero-order valence-corrected chi connectivity index (χ0v) is 18.3. The number of piperidine rings is 1. The Morgan fingerprint density at radius 1 is 0.893 bits per heavy atom. The van der Waals surface area contributed by atoms with Crippen molar-refractivity contribution in [1.29, 1.82) is 0 Å². The Hall–Kier alpha value is -1.76. The number of nitrogens with zero attached hydrogens (tertiary/aromatic N) is 2. The van der Waals surface area contributed by atoms with E-state index >= 15 is 0 Å². The maximum atomic E-state index is 13.0. The van der Waals surface area contributed by atoms with Crippen molar-refractivity contribution in [3.63, 3.8) is 0 Å². The standard InChI is InChI=1S/C21H29BrN2O4/c1-27-17-13-16(14-18(28-2)19(17)22)21(26)24-11-7-15(8-12-24)20(25)23-9-5-3-4-6-10-23/h13-15H,3-12H2,1-2H3. The molecule has 0 aromatic heterocycles. The molecule has 2 fully saturated rings. The van der Waals surface area contributed by atoms with E-state index in [1.54, 1.807) is 26.4 Å². The van der Waals surface area contributed by atoms with Crippen LogP contribution < -0.4 is 9.47 Å². The van der Waals surface area contributed by atoms with E-state index in [1.807, 2.05) is 9.80 Å². The van der Waals surface area contributed by atoms with E-state index in [4.69, 9.17) is 9.47 Å². The van der Waals surface area contributed by atoms with E-state index in [0.717, 1.165) is 38.8 Å². The lowest BCUT2D eigenvalue weighted by molar-refractivity contribution is -0.136. The lowest BCUT2D eigenvalue weighted by Gasteiger charge is -2.34. The number of methoxy groups -OCH3 is 2. The van der Waals surface area contributed by atoms with Crippen molar-refractivity contribution in [3.05, 3.63) is 22.2 Å². The molecule has 0 radical (unpaired) electrons. The van der Waals surface area contributed by atoms with Crippen molar-refractivity contribution in [2.24, 2.45) is 5.92 Å². The van der Waals surface area contributed by atoms with E-state index in [9.17, 15) is 9.59 Å². The molecule has 1 aromatic rings. The van der Waals surface area contributed by atoms with Gasteiger partial charge in [0.15, 0.2) is 0 Å². The molecule has 0 atom stereocenters. The fourth-order valence-electron chi connectivity index (χ4n) is 4.05. The molecule has 2 heterocycles. The number of carbonyl (C=O) groups excluding carboxylic acids is 2. The summed E-state index contributed by atoms with van der Waals surface area (Å²) in [6.07, 6.45) is 6.11. The average molecular weight is 453 g/mol. The molecule has 0 unspecified atom stereocenters. The molecule has 1 aromatic carbocycles. The molecule has 7 heteroatoms. The second kappa shape index (κ2) is 9.63. The Morgan fingerprint density at radius 3 is 1.93 bits per heavy atom. The van der Waals surface area contributed by atoms with Crippen molar-refractivity contribution >= 4 is 27.7 Å². The van der Waals surface area contributed by atoms with Gasteiger partial charge in [-0.3, -0.25) is 9.59 Å². The molecule has 2 aliphatic rings. The molecule has 0 bridgehead atoms. The molecule has 154 valence electrons. The number of halogens is 1. The van der Waals surface area contributed by atoms with Crippen molar-refractivity contribution in [1.82, 2.24) is 9.80 Å². The summed E-state index contributed by atoms with van der Waals surface area (Å²) in [5.41, 5.74) is 0.536. The summed E-state index contributed by atoms with van der Waals surface area (Å²) in [6, 6.07) is 3.45. The summed E-state index contributed by atoms with van der Waals surface area (Å²) in [7, 11) is 3.13. The SMILES string of the molecule is COc1cc(C(=O)N2CCC(C(=O)N3CCCCCC3)CC2)cc(OC)c1Br. The lowest BCUT2D eigenvalue weighted by atomic mass is 9.94. The van der Waals surface area contributed by atoms with Crippen LogP contribution in [0.5, 0.6) is 11.5 Å². The minimum absolute atomic E-state index is 0.0381. The quantitative estimate of drug-likeness (QED) is 0.698. The zero-order chi connectivity index (χ0) is 20.1. The molecule has 2 amide bonds. The molecule has 0 spiro atoms. The third-order valence-electron chi connectivity index (χ3n) is 5.74. The zero-order valence-electron chi connectivity index (χ0n) is 16.7. The molecular weight excluding hydrogens is 424 g/mol. The second-order valence-corrected chi connectivity index (χ2v) is 8.29. The van der Waals surface area contributed by atoms with Gasteiger partial charge in [0.2, 0.25) is 5.91 Å². The number of benzene rings is 1. The normalized spacial score (nSPS) is 18.5. The predicted octanol–water partition coefficient (Wildman–Crippen LogP) is 3.72. The van der Waals surface area contributed by atoms with Gasteiger partial charge < -0.3 is 19.3 Å². The molecular formula is C21H29BrN2O4. The number of carbonyl (C=O) groups is 2. The number of hydrogen-bond donors (Lipinski definition) is 0. The number of amides is 2. The number of ether oxygens (including phenoxy) is 2. The van der Waals surface area contributed by atoms with Gasteiger partial charge in [-0.05, 0) is 53.7 Å². The van der Waals surface area contributed by atoms with Gasteiger partial charge in [-0.15, -0.1) is 0 Å². The monoisotopic (exact) mass is 452 g/mol. The molecule has 2 aliphatic heterocycles. The Bertz CT molecular complexity index is 683. The van der Waals surface area contributed by atoms with Gasteiger partial charge in [-0.2, -0.15) is 0 Å². The minimum atomic E-state index is -0.0511. The Labute approximate surface area is 175 Å². The summed E-state index contributed by atoms with van der Waals surface area (Å²) in [4.78, 5) is 29.7. The Morgan fingerprint density at radius 2 is 1.43 bits per heavy atom. The van der Waals surface area contributed by atoms with Gasteiger partial charge in [0.25, 0.3) is 5.91 Å². The van der Waals surface area contributed by atoms with Gasteiger partial charge >= 0.3 is 0 Å². The first-order valence-electron chi connectivity index (χ1n) is 10.0. The molecule has 0 N–H and O–H groups in total. The minimum Gasteiger partial charge on any atom is -0.495 e. The lowest BCUT2D eigenvalue weighted by Crippen LogP contribution is -2.44. The van der Waals surface area contributed by atoms with Crippen molar-refractivity contribution < 1.29 is 19.1 Å². The van der Waals surface area contributed by atoms with Crippen molar-refractivity contribution in [2.75, 3.05) is 40.4 Å². The van der Waals surface area contributed by atoms with Crippen LogP contribution in [0.25, 0.3) is 0 Å².